The Morgan fingerprint density at radius 1 is 1.06 bits per heavy atom. The van der Waals surface area contributed by atoms with E-state index in [9.17, 15) is 4.79 Å². The zero-order valence-corrected chi connectivity index (χ0v) is 18.5. The number of benzene rings is 2. The summed E-state index contributed by atoms with van der Waals surface area (Å²) in [6.45, 7) is 7.94. The Labute approximate surface area is 183 Å². The molecule has 7 heteroatoms. The molecule has 0 aliphatic carbocycles. The molecule has 0 spiro atoms. The molecule has 31 heavy (non-hydrogen) atoms. The van der Waals surface area contributed by atoms with E-state index in [4.69, 9.17) is 0 Å². The van der Waals surface area contributed by atoms with Gasteiger partial charge in [-0.1, -0.05) is 24.3 Å². The smallest absolute Gasteiger partial charge is 0.236 e. The summed E-state index contributed by atoms with van der Waals surface area (Å²) < 4.78 is 1.73. The van der Waals surface area contributed by atoms with Gasteiger partial charge in [-0.05, 0) is 56.3 Å². The van der Waals surface area contributed by atoms with Crippen LogP contribution in [-0.2, 0) is 4.79 Å². The number of aryl methyl sites for hydroxylation is 1. The van der Waals surface area contributed by atoms with Gasteiger partial charge in [0, 0.05) is 37.9 Å². The lowest BCUT2D eigenvalue weighted by Crippen LogP contribution is -2.51. The van der Waals surface area contributed by atoms with E-state index >= 15 is 0 Å². The molecule has 3 aromatic rings. The molecule has 0 bridgehead atoms. The van der Waals surface area contributed by atoms with Crippen LogP contribution in [0, 0.1) is 6.92 Å². The van der Waals surface area contributed by atoms with E-state index in [1.807, 2.05) is 24.1 Å². The third-order valence-electron chi connectivity index (χ3n) is 6.10. The number of hydrogen-bond donors (Lipinski definition) is 0. The second-order valence-corrected chi connectivity index (χ2v) is 8.23. The van der Waals surface area contributed by atoms with E-state index in [0.29, 0.717) is 6.54 Å². The Morgan fingerprint density at radius 3 is 2.45 bits per heavy atom. The van der Waals surface area contributed by atoms with Crippen molar-refractivity contribution in [2.45, 2.75) is 19.9 Å². The summed E-state index contributed by atoms with van der Waals surface area (Å²) in [5, 5.41) is 4.16. The second-order valence-electron chi connectivity index (χ2n) is 8.23. The van der Waals surface area contributed by atoms with Gasteiger partial charge in [0.25, 0.3) is 0 Å². The van der Waals surface area contributed by atoms with Crippen LogP contribution >= 0.6 is 0 Å². The van der Waals surface area contributed by atoms with E-state index in [1.54, 1.807) is 11.0 Å². The number of carbonyl (C=O) groups excluding carboxylic acids is 1. The molecule has 7 nitrogen and oxygen atoms in total. The Balaban J connectivity index is 1.30. The first kappa shape index (κ1) is 21.1. The van der Waals surface area contributed by atoms with Crippen molar-refractivity contribution in [3.05, 3.63) is 72.3 Å². The Morgan fingerprint density at radius 2 is 1.81 bits per heavy atom. The number of likely N-dealkylation sites (N-methyl/N-ethyl adjacent to an activating group) is 1. The van der Waals surface area contributed by atoms with Crippen molar-refractivity contribution < 1.29 is 4.79 Å². The van der Waals surface area contributed by atoms with Crippen LogP contribution in [0.3, 0.4) is 0 Å². The van der Waals surface area contributed by atoms with Gasteiger partial charge in [-0.15, -0.1) is 0 Å². The molecule has 1 aliphatic heterocycles. The highest BCUT2D eigenvalue weighted by Crippen LogP contribution is 2.21. The number of piperazine rings is 1. The van der Waals surface area contributed by atoms with Crippen LogP contribution in [0.25, 0.3) is 5.69 Å². The Hall–Kier alpha value is -3.19. The van der Waals surface area contributed by atoms with Crippen LogP contribution in [0.1, 0.15) is 24.1 Å². The number of nitrogens with zero attached hydrogens (tertiary/aromatic N) is 6. The third-order valence-corrected chi connectivity index (χ3v) is 6.10. The lowest BCUT2D eigenvalue weighted by Gasteiger charge is -2.37. The highest BCUT2D eigenvalue weighted by Gasteiger charge is 2.23. The first-order chi connectivity index (χ1) is 15.0. The third kappa shape index (κ3) is 4.94. The average molecular weight is 419 g/mol. The maximum Gasteiger partial charge on any atom is 0.236 e. The van der Waals surface area contributed by atoms with E-state index in [0.717, 1.165) is 31.9 Å². The lowest BCUT2D eigenvalue weighted by atomic mass is 10.1. The fraction of sp³-hybridized carbons (Fsp3) is 0.375. The summed E-state index contributed by atoms with van der Waals surface area (Å²) in [5.41, 5.74) is 4.65. The zero-order chi connectivity index (χ0) is 21.8. The summed E-state index contributed by atoms with van der Waals surface area (Å²) in [4.78, 5) is 23.3. The standard InChI is InChI=1S/C24H30N6O/c1-19-5-4-6-23(15-19)28-11-13-29(14-12-28)24(31)16-27(3)20(2)21-7-9-22(10-8-21)30-18-25-17-26-30/h4-10,15,17-18,20H,11-14,16H2,1-3H3/t20-/m1/s1. The van der Waals surface area contributed by atoms with Gasteiger partial charge in [0.15, 0.2) is 0 Å². The monoisotopic (exact) mass is 418 g/mol. The molecule has 2 heterocycles. The number of anilines is 1. The molecule has 1 aromatic heterocycles. The number of carbonyl (C=O) groups is 1. The second kappa shape index (κ2) is 9.31. The molecule has 0 radical (unpaired) electrons. The van der Waals surface area contributed by atoms with Gasteiger partial charge in [-0.2, -0.15) is 5.10 Å². The minimum atomic E-state index is 0.141. The van der Waals surface area contributed by atoms with Crippen LogP contribution in [0.15, 0.2) is 61.2 Å². The molecule has 1 amide bonds. The van der Waals surface area contributed by atoms with Gasteiger partial charge in [0.1, 0.15) is 12.7 Å². The molecule has 1 fully saturated rings. The number of hydrogen-bond acceptors (Lipinski definition) is 5. The minimum absolute atomic E-state index is 0.141. The van der Waals surface area contributed by atoms with Gasteiger partial charge in [0.05, 0.1) is 12.2 Å². The van der Waals surface area contributed by atoms with E-state index in [2.05, 4.69) is 70.1 Å². The fourth-order valence-electron chi connectivity index (χ4n) is 3.99. The van der Waals surface area contributed by atoms with E-state index in [-0.39, 0.29) is 11.9 Å². The molecule has 1 saturated heterocycles. The quantitative estimate of drug-likeness (QED) is 0.616. The van der Waals surface area contributed by atoms with Gasteiger partial charge in [-0.25, -0.2) is 9.67 Å². The minimum Gasteiger partial charge on any atom is -0.368 e. The van der Waals surface area contributed by atoms with Crippen molar-refractivity contribution in [2.75, 3.05) is 44.7 Å². The van der Waals surface area contributed by atoms with Gasteiger partial charge in [0.2, 0.25) is 5.91 Å². The summed E-state index contributed by atoms with van der Waals surface area (Å²) in [6.07, 6.45) is 3.21. The molecule has 0 saturated carbocycles. The first-order valence-corrected chi connectivity index (χ1v) is 10.8. The predicted molar refractivity (Wildman–Crippen MR) is 122 cm³/mol. The van der Waals surface area contributed by atoms with Crippen LogP contribution in [0.5, 0.6) is 0 Å². The normalized spacial score (nSPS) is 15.4. The van der Waals surface area contributed by atoms with Gasteiger partial charge >= 0.3 is 0 Å². The van der Waals surface area contributed by atoms with Crippen LogP contribution in [0.4, 0.5) is 5.69 Å². The first-order valence-electron chi connectivity index (χ1n) is 10.8. The molecule has 2 aromatic carbocycles. The highest BCUT2D eigenvalue weighted by molar-refractivity contribution is 5.78. The molecule has 0 N–H and O–H groups in total. The highest BCUT2D eigenvalue weighted by atomic mass is 16.2. The molecule has 1 aliphatic rings. The topological polar surface area (TPSA) is 57.5 Å². The van der Waals surface area contributed by atoms with Crippen molar-refractivity contribution in [1.29, 1.82) is 0 Å². The molecular formula is C24H30N6O. The van der Waals surface area contributed by atoms with Gasteiger partial charge < -0.3 is 9.80 Å². The summed E-state index contributed by atoms with van der Waals surface area (Å²) in [7, 11) is 2.01. The SMILES string of the molecule is Cc1cccc(N2CCN(C(=O)CN(C)[C@H](C)c3ccc(-n4cncn4)cc3)CC2)c1. The van der Waals surface area contributed by atoms with Crippen LogP contribution in [0.2, 0.25) is 0 Å². The summed E-state index contributed by atoms with van der Waals surface area (Å²) >= 11 is 0. The van der Waals surface area contributed by atoms with E-state index in [1.165, 1.54) is 23.1 Å². The predicted octanol–water partition coefficient (Wildman–Crippen LogP) is 2.92. The largest absolute Gasteiger partial charge is 0.368 e. The molecule has 0 unspecified atom stereocenters. The van der Waals surface area contributed by atoms with E-state index < -0.39 is 0 Å². The lowest BCUT2D eigenvalue weighted by molar-refractivity contribution is -0.132. The average Bonchev–Trinajstić information content (AvgIpc) is 3.34. The van der Waals surface area contributed by atoms with Crippen molar-refractivity contribution in [3.63, 3.8) is 0 Å². The summed E-state index contributed by atoms with van der Waals surface area (Å²) in [6, 6.07) is 16.9. The van der Waals surface area contributed by atoms with Crippen molar-refractivity contribution >= 4 is 11.6 Å². The van der Waals surface area contributed by atoms with Crippen molar-refractivity contribution in [2.24, 2.45) is 0 Å². The zero-order valence-electron chi connectivity index (χ0n) is 18.5. The van der Waals surface area contributed by atoms with Crippen molar-refractivity contribution in [3.8, 4) is 5.69 Å². The molecule has 162 valence electrons. The van der Waals surface area contributed by atoms with Gasteiger partial charge in [-0.3, -0.25) is 9.69 Å². The van der Waals surface area contributed by atoms with Crippen LogP contribution < -0.4 is 4.90 Å². The number of amides is 1. The summed E-state index contributed by atoms with van der Waals surface area (Å²) in [5.74, 6) is 0.192. The Kier molecular flexibility index (Phi) is 6.32. The Bertz CT molecular complexity index is 993. The van der Waals surface area contributed by atoms with Crippen LogP contribution in [-0.4, -0.2) is 70.2 Å². The van der Waals surface area contributed by atoms with Crippen molar-refractivity contribution in [1.82, 2.24) is 24.6 Å². The number of rotatable bonds is 6. The maximum absolute atomic E-state index is 12.9. The maximum atomic E-state index is 12.9. The molecule has 4 rings (SSSR count). The molecular weight excluding hydrogens is 388 g/mol. The molecule has 1 atom stereocenters. The fourth-order valence-corrected chi connectivity index (χ4v) is 3.99. The number of aromatic nitrogens is 3.